The van der Waals surface area contributed by atoms with Gasteiger partial charge in [-0.05, 0) is 37.7 Å². The van der Waals surface area contributed by atoms with Crippen molar-refractivity contribution in [1.82, 2.24) is 5.32 Å². The lowest BCUT2D eigenvalue weighted by Gasteiger charge is -2.23. The van der Waals surface area contributed by atoms with E-state index >= 15 is 0 Å². The predicted molar refractivity (Wildman–Crippen MR) is 73.1 cm³/mol. The first kappa shape index (κ1) is 14.3. The molecule has 3 heteroatoms. The fourth-order valence-electron chi connectivity index (χ4n) is 2.48. The van der Waals surface area contributed by atoms with Crippen LogP contribution < -0.4 is 5.32 Å². The number of thioether (sulfide) groups is 1. The maximum Gasteiger partial charge on any atom is 0.0584 e. The fourth-order valence-corrected chi connectivity index (χ4v) is 2.94. The Balaban J connectivity index is 2.19. The van der Waals surface area contributed by atoms with Crippen LogP contribution in [0.3, 0.4) is 0 Å². The number of aliphatic hydroxyl groups is 1. The second kappa shape index (κ2) is 9.32. The van der Waals surface area contributed by atoms with Crippen molar-refractivity contribution < 1.29 is 5.11 Å². The third-order valence-corrected chi connectivity index (χ3v) is 4.14. The zero-order chi connectivity index (χ0) is 11.6. The van der Waals surface area contributed by atoms with Gasteiger partial charge in [-0.1, -0.05) is 25.7 Å². The molecule has 0 aromatic carbocycles. The molecule has 2 nitrogen and oxygen atoms in total. The quantitative estimate of drug-likeness (QED) is 0.534. The van der Waals surface area contributed by atoms with Gasteiger partial charge in [0.05, 0.1) is 6.61 Å². The smallest absolute Gasteiger partial charge is 0.0584 e. The number of nitrogens with one attached hydrogen (secondary N) is 1. The molecular formula is C13H27NOS. The van der Waals surface area contributed by atoms with E-state index in [0.29, 0.717) is 18.7 Å². The van der Waals surface area contributed by atoms with E-state index in [4.69, 9.17) is 0 Å². The fraction of sp³-hybridized carbons (Fsp3) is 1.00. The highest BCUT2D eigenvalue weighted by molar-refractivity contribution is 7.98. The minimum Gasteiger partial charge on any atom is -0.395 e. The van der Waals surface area contributed by atoms with Crippen molar-refractivity contribution in [2.45, 2.75) is 63.5 Å². The molecule has 0 radical (unpaired) electrons. The summed E-state index contributed by atoms with van der Waals surface area (Å²) in [6.45, 7) is 0.297. The molecule has 1 unspecified atom stereocenters. The van der Waals surface area contributed by atoms with Gasteiger partial charge < -0.3 is 10.4 Å². The Labute approximate surface area is 105 Å². The van der Waals surface area contributed by atoms with Crippen molar-refractivity contribution in [2.24, 2.45) is 0 Å². The van der Waals surface area contributed by atoms with Crippen LogP contribution >= 0.6 is 11.8 Å². The number of rotatable bonds is 7. The molecule has 0 saturated heterocycles. The second-order valence-corrected chi connectivity index (χ2v) is 5.86. The maximum absolute atomic E-state index is 9.36. The first-order valence-electron chi connectivity index (χ1n) is 6.72. The van der Waals surface area contributed by atoms with Gasteiger partial charge in [-0.15, -0.1) is 0 Å². The Morgan fingerprint density at radius 2 is 1.94 bits per heavy atom. The minimum absolute atomic E-state index is 0.297. The average Bonchev–Trinajstić information content (AvgIpc) is 2.56. The highest BCUT2D eigenvalue weighted by Gasteiger charge is 2.16. The molecule has 0 amide bonds. The molecule has 0 aliphatic heterocycles. The van der Waals surface area contributed by atoms with Crippen LogP contribution in [0.2, 0.25) is 0 Å². The van der Waals surface area contributed by atoms with Crippen molar-refractivity contribution in [3.05, 3.63) is 0 Å². The average molecular weight is 245 g/mol. The van der Waals surface area contributed by atoms with Gasteiger partial charge in [0.2, 0.25) is 0 Å². The van der Waals surface area contributed by atoms with Gasteiger partial charge in [0, 0.05) is 12.1 Å². The first-order chi connectivity index (χ1) is 7.86. The van der Waals surface area contributed by atoms with Gasteiger partial charge in [0.15, 0.2) is 0 Å². The van der Waals surface area contributed by atoms with Crippen molar-refractivity contribution in [2.75, 3.05) is 18.6 Å². The van der Waals surface area contributed by atoms with Crippen LogP contribution in [-0.4, -0.2) is 35.8 Å². The SMILES string of the molecule is CSCCCC(CO)NC1CCCCCC1. The summed E-state index contributed by atoms with van der Waals surface area (Å²) in [5, 5.41) is 13.0. The molecule has 16 heavy (non-hydrogen) atoms. The molecule has 1 atom stereocenters. The summed E-state index contributed by atoms with van der Waals surface area (Å²) in [4.78, 5) is 0. The molecule has 2 N–H and O–H groups in total. The zero-order valence-electron chi connectivity index (χ0n) is 10.6. The molecule has 1 saturated carbocycles. The van der Waals surface area contributed by atoms with Crippen LogP contribution in [-0.2, 0) is 0 Å². The topological polar surface area (TPSA) is 32.3 Å². The summed E-state index contributed by atoms with van der Waals surface area (Å²) in [6, 6.07) is 0.990. The van der Waals surface area contributed by atoms with E-state index in [1.807, 2.05) is 11.8 Å². The monoisotopic (exact) mass is 245 g/mol. The number of hydrogen-bond donors (Lipinski definition) is 2. The molecular weight excluding hydrogens is 218 g/mol. The third-order valence-electron chi connectivity index (χ3n) is 3.45. The maximum atomic E-state index is 9.36. The third kappa shape index (κ3) is 6.12. The summed E-state index contributed by atoms with van der Waals surface area (Å²) in [5.41, 5.74) is 0. The lowest BCUT2D eigenvalue weighted by molar-refractivity contribution is 0.219. The van der Waals surface area contributed by atoms with Crippen LogP contribution in [0, 0.1) is 0 Å². The van der Waals surface area contributed by atoms with Gasteiger partial charge in [0.25, 0.3) is 0 Å². The molecule has 0 bridgehead atoms. The summed E-state index contributed by atoms with van der Waals surface area (Å²) < 4.78 is 0. The van der Waals surface area contributed by atoms with Crippen molar-refractivity contribution in [3.63, 3.8) is 0 Å². The summed E-state index contributed by atoms with van der Waals surface area (Å²) in [5.74, 6) is 1.21. The van der Waals surface area contributed by atoms with Crippen LogP contribution in [0.4, 0.5) is 0 Å². The normalized spacial score (nSPS) is 20.6. The molecule has 0 aromatic heterocycles. The highest BCUT2D eigenvalue weighted by Crippen LogP contribution is 2.18. The van der Waals surface area contributed by atoms with E-state index in [1.165, 1.54) is 50.7 Å². The Hall–Kier alpha value is 0.270. The second-order valence-electron chi connectivity index (χ2n) is 4.87. The molecule has 1 fully saturated rings. The van der Waals surface area contributed by atoms with Gasteiger partial charge >= 0.3 is 0 Å². The zero-order valence-corrected chi connectivity index (χ0v) is 11.4. The number of aliphatic hydroxyl groups excluding tert-OH is 1. The van der Waals surface area contributed by atoms with E-state index in [0.717, 1.165) is 6.42 Å². The van der Waals surface area contributed by atoms with Gasteiger partial charge in [-0.25, -0.2) is 0 Å². The predicted octanol–water partition coefficient (Wildman–Crippen LogP) is 2.80. The Morgan fingerprint density at radius 3 is 2.50 bits per heavy atom. The number of hydrogen-bond acceptors (Lipinski definition) is 3. The van der Waals surface area contributed by atoms with Crippen LogP contribution in [0.5, 0.6) is 0 Å². The Bertz CT molecular complexity index is 158. The molecule has 1 rings (SSSR count). The van der Waals surface area contributed by atoms with Gasteiger partial charge in [-0.2, -0.15) is 11.8 Å². The summed E-state index contributed by atoms with van der Waals surface area (Å²) >= 11 is 1.89. The Morgan fingerprint density at radius 1 is 1.25 bits per heavy atom. The first-order valence-corrected chi connectivity index (χ1v) is 8.12. The van der Waals surface area contributed by atoms with E-state index in [1.54, 1.807) is 0 Å². The van der Waals surface area contributed by atoms with Crippen molar-refractivity contribution in [3.8, 4) is 0 Å². The van der Waals surface area contributed by atoms with Gasteiger partial charge in [0.1, 0.15) is 0 Å². The molecule has 0 aromatic rings. The van der Waals surface area contributed by atoms with Crippen LogP contribution in [0.25, 0.3) is 0 Å². The molecule has 0 spiro atoms. The molecule has 96 valence electrons. The highest BCUT2D eigenvalue weighted by atomic mass is 32.2. The van der Waals surface area contributed by atoms with E-state index in [-0.39, 0.29) is 0 Å². The molecule has 1 aliphatic rings. The lowest BCUT2D eigenvalue weighted by atomic mass is 10.1. The summed E-state index contributed by atoms with van der Waals surface area (Å²) in [7, 11) is 0. The van der Waals surface area contributed by atoms with Crippen LogP contribution in [0.1, 0.15) is 51.4 Å². The largest absolute Gasteiger partial charge is 0.395 e. The van der Waals surface area contributed by atoms with Gasteiger partial charge in [-0.3, -0.25) is 0 Å². The van der Waals surface area contributed by atoms with E-state index < -0.39 is 0 Å². The minimum atomic E-state index is 0.297. The van der Waals surface area contributed by atoms with Crippen molar-refractivity contribution in [1.29, 1.82) is 0 Å². The summed E-state index contributed by atoms with van der Waals surface area (Å²) in [6.07, 6.45) is 12.6. The van der Waals surface area contributed by atoms with E-state index in [9.17, 15) is 5.11 Å². The van der Waals surface area contributed by atoms with Crippen LogP contribution in [0.15, 0.2) is 0 Å². The van der Waals surface area contributed by atoms with Crippen molar-refractivity contribution >= 4 is 11.8 Å². The lowest BCUT2D eigenvalue weighted by Crippen LogP contribution is -2.40. The molecule has 0 heterocycles. The standard InChI is InChI=1S/C13H27NOS/c1-16-10-6-9-13(11-15)14-12-7-4-2-3-5-8-12/h12-15H,2-11H2,1H3. The molecule has 1 aliphatic carbocycles. The van der Waals surface area contributed by atoms with E-state index in [2.05, 4.69) is 11.6 Å². The Kier molecular flexibility index (Phi) is 8.34.